The predicted molar refractivity (Wildman–Crippen MR) is 64.1 cm³/mol. The van der Waals surface area contributed by atoms with Crippen LogP contribution in [0.3, 0.4) is 0 Å². The molecule has 6 heteroatoms. The van der Waals surface area contributed by atoms with Gasteiger partial charge >= 0.3 is 12.1 Å². The van der Waals surface area contributed by atoms with Crippen LogP contribution in [0.25, 0.3) is 0 Å². The first-order chi connectivity index (χ1) is 8.26. The molecule has 0 unspecified atom stereocenters. The molecular formula is C12H21NO5. The van der Waals surface area contributed by atoms with Crippen molar-refractivity contribution < 1.29 is 24.2 Å². The van der Waals surface area contributed by atoms with Crippen molar-refractivity contribution >= 4 is 12.1 Å². The van der Waals surface area contributed by atoms with Crippen LogP contribution < -0.4 is 5.32 Å². The van der Waals surface area contributed by atoms with Crippen LogP contribution in [0.5, 0.6) is 0 Å². The fourth-order valence-electron chi connectivity index (χ4n) is 1.84. The van der Waals surface area contributed by atoms with Crippen molar-refractivity contribution in [1.82, 2.24) is 5.32 Å². The lowest BCUT2D eigenvalue weighted by Gasteiger charge is -2.30. The number of carbonyl (C=O) groups is 2. The molecule has 1 saturated heterocycles. The van der Waals surface area contributed by atoms with Gasteiger partial charge in [-0.25, -0.2) is 4.79 Å². The molecule has 18 heavy (non-hydrogen) atoms. The smallest absolute Gasteiger partial charge is 0.409 e. The Labute approximate surface area is 107 Å². The summed E-state index contributed by atoms with van der Waals surface area (Å²) < 4.78 is 10.5. The van der Waals surface area contributed by atoms with Crippen LogP contribution in [-0.2, 0) is 14.3 Å². The van der Waals surface area contributed by atoms with Crippen LogP contribution in [0.4, 0.5) is 4.79 Å². The van der Waals surface area contributed by atoms with Gasteiger partial charge in [-0.1, -0.05) is 0 Å². The van der Waals surface area contributed by atoms with E-state index in [2.05, 4.69) is 5.32 Å². The summed E-state index contributed by atoms with van der Waals surface area (Å²) in [7, 11) is 0. The number of ether oxygens (including phenoxy) is 2. The van der Waals surface area contributed by atoms with E-state index in [9.17, 15) is 9.59 Å². The first-order valence-electron chi connectivity index (χ1n) is 6.09. The second-order valence-electron chi connectivity index (χ2n) is 5.49. The van der Waals surface area contributed by atoms with Crippen molar-refractivity contribution in [1.29, 1.82) is 0 Å². The molecule has 104 valence electrons. The number of alkyl carbamates (subject to hydrolysis) is 1. The topological polar surface area (TPSA) is 84.9 Å². The molecule has 1 aliphatic rings. The lowest BCUT2D eigenvalue weighted by Crippen LogP contribution is -2.44. The Morgan fingerprint density at radius 3 is 2.67 bits per heavy atom. The second kappa shape index (κ2) is 6.04. The van der Waals surface area contributed by atoms with Crippen molar-refractivity contribution in [3.63, 3.8) is 0 Å². The van der Waals surface area contributed by atoms with Crippen LogP contribution in [-0.4, -0.2) is 35.6 Å². The van der Waals surface area contributed by atoms with Gasteiger partial charge in [0.15, 0.2) is 0 Å². The van der Waals surface area contributed by atoms with Gasteiger partial charge in [-0.15, -0.1) is 0 Å². The SMILES string of the molecule is CC(C)(C)OC(=O)N[C@@H]1C[C@@H](CC(=O)O)CCO1. The minimum Gasteiger partial charge on any atom is -0.481 e. The molecule has 2 atom stereocenters. The Balaban J connectivity index is 2.38. The summed E-state index contributed by atoms with van der Waals surface area (Å²) in [5.41, 5.74) is -0.556. The Morgan fingerprint density at radius 2 is 2.11 bits per heavy atom. The number of carbonyl (C=O) groups excluding carboxylic acids is 1. The summed E-state index contributed by atoms with van der Waals surface area (Å²) >= 11 is 0. The van der Waals surface area contributed by atoms with Crippen LogP contribution in [0, 0.1) is 5.92 Å². The largest absolute Gasteiger partial charge is 0.481 e. The molecule has 0 spiro atoms. The van der Waals surface area contributed by atoms with Gasteiger partial charge in [0.05, 0.1) is 0 Å². The third-order valence-electron chi connectivity index (χ3n) is 2.53. The number of carboxylic acids is 1. The predicted octanol–water partition coefficient (Wildman–Crippen LogP) is 1.74. The minimum atomic E-state index is -0.821. The van der Waals surface area contributed by atoms with Crippen LogP contribution >= 0.6 is 0 Å². The molecule has 0 aromatic carbocycles. The number of hydrogen-bond donors (Lipinski definition) is 2. The zero-order valence-corrected chi connectivity index (χ0v) is 11.1. The quantitative estimate of drug-likeness (QED) is 0.806. The van der Waals surface area contributed by atoms with E-state index in [4.69, 9.17) is 14.6 Å². The highest BCUT2D eigenvalue weighted by Crippen LogP contribution is 2.22. The van der Waals surface area contributed by atoms with E-state index in [0.29, 0.717) is 19.4 Å². The van der Waals surface area contributed by atoms with E-state index in [0.717, 1.165) is 0 Å². The van der Waals surface area contributed by atoms with Crippen molar-refractivity contribution in [3.8, 4) is 0 Å². The third kappa shape index (κ3) is 5.86. The average Bonchev–Trinajstić information content (AvgIpc) is 2.13. The maximum Gasteiger partial charge on any atom is 0.409 e. The molecule has 1 aliphatic heterocycles. The summed E-state index contributed by atoms with van der Waals surface area (Å²) in [5.74, 6) is -0.783. The zero-order valence-electron chi connectivity index (χ0n) is 11.1. The highest BCUT2D eigenvalue weighted by atomic mass is 16.6. The Hall–Kier alpha value is -1.30. The van der Waals surface area contributed by atoms with E-state index in [1.807, 2.05) is 0 Å². The van der Waals surface area contributed by atoms with Gasteiger partial charge in [0.2, 0.25) is 0 Å². The first-order valence-corrected chi connectivity index (χ1v) is 6.09. The van der Waals surface area contributed by atoms with Gasteiger partial charge in [0.25, 0.3) is 0 Å². The zero-order chi connectivity index (χ0) is 13.8. The highest BCUT2D eigenvalue weighted by molar-refractivity contribution is 5.68. The molecule has 2 N–H and O–H groups in total. The normalized spacial score (nSPS) is 24.4. The summed E-state index contributed by atoms with van der Waals surface area (Å²) in [4.78, 5) is 22.2. The van der Waals surface area contributed by atoms with Crippen molar-refractivity contribution in [2.75, 3.05) is 6.61 Å². The molecule has 6 nitrogen and oxygen atoms in total. The number of carboxylic acid groups (broad SMARTS) is 1. The number of nitrogens with one attached hydrogen (secondary N) is 1. The first kappa shape index (κ1) is 14.8. The second-order valence-corrected chi connectivity index (χ2v) is 5.49. The molecule has 0 saturated carbocycles. The van der Waals surface area contributed by atoms with E-state index in [1.54, 1.807) is 20.8 Å². The highest BCUT2D eigenvalue weighted by Gasteiger charge is 2.27. The van der Waals surface area contributed by atoms with Gasteiger partial charge in [0, 0.05) is 13.0 Å². The Morgan fingerprint density at radius 1 is 1.44 bits per heavy atom. The average molecular weight is 259 g/mol. The standard InChI is InChI=1S/C12H21NO5/c1-12(2,3)18-11(16)13-9-6-8(4-5-17-9)7-10(14)15/h8-9H,4-7H2,1-3H3,(H,13,16)(H,14,15)/t8-,9-/m0/s1. The van der Waals surface area contributed by atoms with Gasteiger partial charge in [-0.05, 0) is 39.5 Å². The fourth-order valence-corrected chi connectivity index (χ4v) is 1.84. The van der Waals surface area contributed by atoms with Crippen molar-refractivity contribution in [2.45, 2.75) is 51.9 Å². The molecule has 1 rings (SSSR count). The van der Waals surface area contributed by atoms with Crippen molar-refractivity contribution in [3.05, 3.63) is 0 Å². The van der Waals surface area contributed by atoms with Crippen LogP contribution in [0.15, 0.2) is 0 Å². The van der Waals surface area contributed by atoms with Gasteiger partial charge in [-0.2, -0.15) is 0 Å². The summed E-state index contributed by atoms with van der Waals surface area (Å²) in [5, 5.41) is 11.3. The summed E-state index contributed by atoms with van der Waals surface area (Å²) in [6.07, 6.45) is 0.321. The maximum atomic E-state index is 11.5. The Bertz CT molecular complexity index is 310. The summed E-state index contributed by atoms with van der Waals surface area (Å²) in [6, 6.07) is 0. The van der Waals surface area contributed by atoms with E-state index >= 15 is 0 Å². The van der Waals surface area contributed by atoms with Gasteiger partial charge in [0.1, 0.15) is 11.8 Å². The minimum absolute atomic E-state index is 0.0381. The molecule has 0 bridgehead atoms. The lowest BCUT2D eigenvalue weighted by atomic mass is 9.95. The number of rotatable bonds is 3. The third-order valence-corrected chi connectivity index (χ3v) is 2.53. The monoisotopic (exact) mass is 259 g/mol. The number of hydrogen-bond acceptors (Lipinski definition) is 4. The molecule has 0 aromatic rings. The molecule has 1 heterocycles. The molecule has 0 aromatic heterocycles. The number of amides is 1. The molecule has 0 radical (unpaired) electrons. The Kier molecular flexibility index (Phi) is 4.95. The maximum absolute atomic E-state index is 11.5. The molecule has 1 fully saturated rings. The number of aliphatic carboxylic acids is 1. The molecule has 0 aliphatic carbocycles. The van der Waals surface area contributed by atoms with Gasteiger partial charge < -0.3 is 14.6 Å². The van der Waals surface area contributed by atoms with E-state index < -0.39 is 23.9 Å². The van der Waals surface area contributed by atoms with Crippen LogP contribution in [0.2, 0.25) is 0 Å². The lowest BCUT2D eigenvalue weighted by molar-refractivity contribution is -0.139. The molecular weight excluding hydrogens is 238 g/mol. The van der Waals surface area contributed by atoms with Crippen molar-refractivity contribution in [2.24, 2.45) is 5.92 Å². The van der Waals surface area contributed by atoms with E-state index in [1.165, 1.54) is 0 Å². The molecule has 1 amide bonds. The van der Waals surface area contributed by atoms with Gasteiger partial charge in [-0.3, -0.25) is 10.1 Å². The van der Waals surface area contributed by atoms with E-state index in [-0.39, 0.29) is 12.3 Å². The summed E-state index contributed by atoms with van der Waals surface area (Å²) in [6.45, 7) is 5.79. The fraction of sp³-hybridized carbons (Fsp3) is 0.833. The van der Waals surface area contributed by atoms with Crippen LogP contribution in [0.1, 0.15) is 40.0 Å².